The van der Waals surface area contributed by atoms with Gasteiger partial charge in [-0.1, -0.05) is 12.2 Å². The number of carboxylic acid groups (broad SMARTS) is 1. The molecule has 1 saturated heterocycles. The van der Waals surface area contributed by atoms with Crippen molar-refractivity contribution in [2.75, 3.05) is 19.8 Å². The second-order valence-corrected chi connectivity index (χ2v) is 6.54. The molecule has 0 aromatic rings. The van der Waals surface area contributed by atoms with Crippen molar-refractivity contribution in [3.8, 4) is 0 Å². The fourth-order valence-corrected chi connectivity index (χ4v) is 3.68. The maximum absolute atomic E-state index is 13.0. The predicted octanol–water partition coefficient (Wildman–Crippen LogP) is 1.66. The number of carbonyl (C=O) groups excluding carboxylic acids is 3. The lowest BCUT2D eigenvalue weighted by atomic mass is 9.68. The summed E-state index contributed by atoms with van der Waals surface area (Å²) in [5.41, 5.74) is -0.805. The van der Waals surface area contributed by atoms with Crippen molar-refractivity contribution in [2.45, 2.75) is 39.5 Å². The lowest BCUT2D eigenvalue weighted by Crippen LogP contribution is -2.54. The summed E-state index contributed by atoms with van der Waals surface area (Å²) < 4.78 is 10.2. The first-order valence-corrected chi connectivity index (χ1v) is 9.09. The summed E-state index contributed by atoms with van der Waals surface area (Å²) in [6.45, 7) is 3.98. The highest BCUT2D eigenvalue weighted by atomic mass is 16.5. The summed E-state index contributed by atoms with van der Waals surface area (Å²) in [6, 6.07) is 0. The van der Waals surface area contributed by atoms with Gasteiger partial charge in [-0.2, -0.15) is 0 Å². The largest absolute Gasteiger partial charge is 0.481 e. The molecule has 1 N–H and O–H groups in total. The van der Waals surface area contributed by atoms with Crippen LogP contribution in [0.2, 0.25) is 0 Å². The highest BCUT2D eigenvalue weighted by Crippen LogP contribution is 2.48. The summed E-state index contributed by atoms with van der Waals surface area (Å²) in [4.78, 5) is 50.3. The molecule has 1 fully saturated rings. The summed E-state index contributed by atoms with van der Waals surface area (Å²) in [5, 5.41) is 9.19. The Kier molecular flexibility index (Phi) is 6.76. The van der Waals surface area contributed by atoms with E-state index in [1.807, 2.05) is 0 Å². The summed E-state index contributed by atoms with van der Waals surface area (Å²) in [7, 11) is 0. The van der Waals surface area contributed by atoms with Crippen molar-refractivity contribution >= 4 is 23.8 Å². The van der Waals surface area contributed by atoms with Gasteiger partial charge in [0.15, 0.2) is 0 Å². The van der Waals surface area contributed by atoms with Gasteiger partial charge in [-0.3, -0.25) is 19.2 Å². The number of esters is 2. The lowest BCUT2D eigenvalue weighted by Gasteiger charge is -2.46. The van der Waals surface area contributed by atoms with E-state index in [4.69, 9.17) is 9.47 Å². The molecule has 8 nitrogen and oxygen atoms in total. The molecule has 2 rings (SSSR count). The molecule has 2 aliphatic heterocycles. The summed E-state index contributed by atoms with van der Waals surface area (Å²) in [6.07, 6.45) is 4.83. The molecule has 0 unspecified atom stereocenters. The van der Waals surface area contributed by atoms with Gasteiger partial charge in [0.1, 0.15) is 5.41 Å². The normalized spacial score (nSPS) is 24.1. The number of carboxylic acids is 1. The van der Waals surface area contributed by atoms with E-state index in [0.717, 1.165) is 0 Å². The Labute approximate surface area is 157 Å². The van der Waals surface area contributed by atoms with Crippen LogP contribution in [0, 0.1) is 11.3 Å². The monoisotopic (exact) mass is 379 g/mol. The van der Waals surface area contributed by atoms with E-state index in [1.165, 1.54) is 4.90 Å². The third-order valence-corrected chi connectivity index (χ3v) is 4.82. The number of hydrogen-bond acceptors (Lipinski definition) is 6. The van der Waals surface area contributed by atoms with E-state index < -0.39 is 29.2 Å². The van der Waals surface area contributed by atoms with E-state index in [-0.39, 0.29) is 51.3 Å². The molecule has 2 aliphatic rings. The first-order valence-electron chi connectivity index (χ1n) is 9.09. The highest BCUT2D eigenvalue weighted by Gasteiger charge is 2.54. The van der Waals surface area contributed by atoms with Crippen LogP contribution in [0.5, 0.6) is 0 Å². The van der Waals surface area contributed by atoms with Crippen molar-refractivity contribution in [1.29, 1.82) is 0 Å². The maximum atomic E-state index is 13.0. The smallest absolute Gasteiger partial charge is 0.318 e. The van der Waals surface area contributed by atoms with E-state index in [1.54, 1.807) is 32.1 Å². The van der Waals surface area contributed by atoms with E-state index in [2.05, 4.69) is 0 Å². The molecule has 0 bridgehead atoms. The number of carbonyl (C=O) groups is 4. The molecule has 0 spiro atoms. The number of hydrogen-bond donors (Lipinski definition) is 1. The van der Waals surface area contributed by atoms with E-state index in [9.17, 15) is 24.3 Å². The molecule has 0 radical (unpaired) electrons. The number of nitrogens with zero attached hydrogens (tertiary/aromatic N) is 1. The van der Waals surface area contributed by atoms with Gasteiger partial charge < -0.3 is 19.5 Å². The molecule has 1 amide bonds. The average Bonchev–Trinajstić information content (AvgIpc) is 2.63. The number of allylic oxidation sites excluding steroid dienone is 2. The van der Waals surface area contributed by atoms with Gasteiger partial charge in [0.2, 0.25) is 5.91 Å². The predicted molar refractivity (Wildman–Crippen MR) is 94.2 cm³/mol. The fourth-order valence-electron chi connectivity index (χ4n) is 3.68. The quantitative estimate of drug-likeness (QED) is 0.639. The van der Waals surface area contributed by atoms with Gasteiger partial charge in [0.05, 0.1) is 25.6 Å². The van der Waals surface area contributed by atoms with Crippen LogP contribution in [0.15, 0.2) is 23.9 Å². The Balaban J connectivity index is 2.44. The van der Waals surface area contributed by atoms with E-state index >= 15 is 0 Å². The van der Waals surface area contributed by atoms with Gasteiger partial charge in [0.25, 0.3) is 0 Å². The number of amides is 1. The zero-order valence-electron chi connectivity index (χ0n) is 15.6. The van der Waals surface area contributed by atoms with Crippen LogP contribution < -0.4 is 0 Å². The Morgan fingerprint density at radius 1 is 1.26 bits per heavy atom. The van der Waals surface area contributed by atoms with Crippen LogP contribution in [0.1, 0.15) is 39.5 Å². The minimum atomic E-state index is -1.26. The zero-order chi connectivity index (χ0) is 20.0. The van der Waals surface area contributed by atoms with Crippen LogP contribution in [-0.2, 0) is 28.7 Å². The van der Waals surface area contributed by atoms with Gasteiger partial charge in [-0.15, -0.1) is 0 Å². The molecule has 2 atom stereocenters. The molecule has 8 heteroatoms. The third kappa shape index (κ3) is 4.37. The molecule has 0 aromatic heterocycles. The van der Waals surface area contributed by atoms with Gasteiger partial charge >= 0.3 is 17.9 Å². The minimum absolute atomic E-state index is 0.00740. The van der Waals surface area contributed by atoms with Crippen LogP contribution >= 0.6 is 0 Å². The van der Waals surface area contributed by atoms with Crippen LogP contribution in [-0.4, -0.2) is 53.6 Å². The topological polar surface area (TPSA) is 110 Å². The molecular formula is C19H25NO7. The number of aliphatic carboxylic acids is 1. The molecule has 0 saturated carbocycles. The standard InChI is InChI=1S/C19H25NO7/c1-3-26-16(23)8-9-19(18(25)27-4-2)12-13(11-15(21)22)17(24)20-10-6-5-7-14(19)20/h5-7,13H,3-4,8-12H2,1-2H3,(H,21,22)/t13-,19-/m0/s1. The number of piperidine rings is 1. The second kappa shape index (κ2) is 8.83. The van der Waals surface area contributed by atoms with Crippen LogP contribution in [0.25, 0.3) is 0 Å². The first-order chi connectivity index (χ1) is 12.9. The number of fused-ring (bicyclic) bond motifs is 1. The maximum Gasteiger partial charge on any atom is 0.318 e. The van der Waals surface area contributed by atoms with Crippen LogP contribution in [0.3, 0.4) is 0 Å². The molecule has 0 aliphatic carbocycles. The zero-order valence-corrected chi connectivity index (χ0v) is 15.6. The highest BCUT2D eigenvalue weighted by molar-refractivity contribution is 5.92. The average molecular weight is 379 g/mol. The Hall–Kier alpha value is -2.64. The fraction of sp³-hybridized carbons (Fsp3) is 0.579. The van der Waals surface area contributed by atoms with Crippen molar-refractivity contribution in [3.05, 3.63) is 23.9 Å². The Bertz CT molecular complexity index is 682. The first kappa shape index (κ1) is 20.7. The second-order valence-electron chi connectivity index (χ2n) is 6.54. The molecule has 0 aromatic carbocycles. The van der Waals surface area contributed by atoms with Crippen LogP contribution in [0.4, 0.5) is 0 Å². The van der Waals surface area contributed by atoms with Crippen molar-refractivity contribution < 1.29 is 33.8 Å². The number of rotatable bonds is 8. The summed E-state index contributed by atoms with van der Waals surface area (Å²) in [5.74, 6) is -3.31. The van der Waals surface area contributed by atoms with E-state index in [0.29, 0.717) is 5.70 Å². The molecule has 148 valence electrons. The Morgan fingerprint density at radius 3 is 2.59 bits per heavy atom. The SMILES string of the molecule is CCOC(=O)CC[C@]1(C(=O)OCC)C[C@H](CC(=O)O)C(=O)N2CC=CC=C21. The number of ether oxygens (including phenoxy) is 2. The Morgan fingerprint density at radius 2 is 1.96 bits per heavy atom. The molecular weight excluding hydrogens is 354 g/mol. The lowest BCUT2D eigenvalue weighted by molar-refractivity contribution is -0.163. The van der Waals surface area contributed by atoms with Crippen molar-refractivity contribution in [3.63, 3.8) is 0 Å². The van der Waals surface area contributed by atoms with Crippen molar-refractivity contribution in [1.82, 2.24) is 4.90 Å². The van der Waals surface area contributed by atoms with Crippen molar-refractivity contribution in [2.24, 2.45) is 11.3 Å². The van der Waals surface area contributed by atoms with Gasteiger partial charge in [-0.25, -0.2) is 0 Å². The minimum Gasteiger partial charge on any atom is -0.481 e. The molecule has 27 heavy (non-hydrogen) atoms. The van der Waals surface area contributed by atoms with Gasteiger partial charge in [-0.05, 0) is 32.8 Å². The van der Waals surface area contributed by atoms with Gasteiger partial charge in [0, 0.05) is 18.7 Å². The summed E-state index contributed by atoms with van der Waals surface area (Å²) >= 11 is 0. The molecule has 2 heterocycles. The third-order valence-electron chi connectivity index (χ3n) is 4.82.